The van der Waals surface area contributed by atoms with Crippen molar-refractivity contribution >= 4 is 27.7 Å². The van der Waals surface area contributed by atoms with Crippen LogP contribution in [-0.2, 0) is 20.6 Å². The fraction of sp³-hybridized carbons (Fsp3) is 0.435. The molecule has 0 spiro atoms. The number of amides is 1. The minimum Gasteiger partial charge on any atom is -0.492 e. The summed E-state index contributed by atoms with van der Waals surface area (Å²) in [6, 6.07) is 14.7. The highest BCUT2D eigenvalue weighted by molar-refractivity contribution is 7.99. The molecule has 168 valence electrons. The van der Waals surface area contributed by atoms with E-state index in [0.29, 0.717) is 42.6 Å². The Bertz CT molecular complexity index is 956. The van der Waals surface area contributed by atoms with Gasteiger partial charge in [0, 0.05) is 18.8 Å². The molecule has 1 heterocycles. The zero-order chi connectivity index (χ0) is 22.1. The molecule has 1 amide bonds. The standard InChI is InChI=1S/C23H30N2O4S2/c1-19-7-3-4-8-20(19)17-30-18-23(26)24-13-16-29-21-9-11-22(12-10-21)31(27,28)25-14-5-2-6-15-25/h3-4,7-12H,2,5-6,13-18H2,1H3,(H,24,26). The number of hydrogen-bond donors (Lipinski definition) is 1. The van der Waals surface area contributed by atoms with Gasteiger partial charge in [0.25, 0.3) is 0 Å². The molecule has 2 aromatic rings. The van der Waals surface area contributed by atoms with E-state index in [-0.39, 0.29) is 5.91 Å². The fourth-order valence-electron chi connectivity index (χ4n) is 3.40. The van der Waals surface area contributed by atoms with E-state index in [1.54, 1.807) is 40.3 Å². The number of rotatable bonds is 10. The second-order valence-electron chi connectivity index (χ2n) is 7.55. The monoisotopic (exact) mass is 462 g/mol. The largest absolute Gasteiger partial charge is 0.492 e. The molecule has 0 atom stereocenters. The van der Waals surface area contributed by atoms with Crippen LogP contribution in [0.15, 0.2) is 53.4 Å². The van der Waals surface area contributed by atoms with E-state index in [9.17, 15) is 13.2 Å². The summed E-state index contributed by atoms with van der Waals surface area (Å²) in [5, 5.41) is 2.85. The van der Waals surface area contributed by atoms with Crippen LogP contribution in [0, 0.1) is 6.92 Å². The summed E-state index contributed by atoms with van der Waals surface area (Å²) >= 11 is 1.58. The van der Waals surface area contributed by atoms with E-state index in [0.717, 1.165) is 25.0 Å². The van der Waals surface area contributed by atoms with Crippen LogP contribution in [0.5, 0.6) is 5.75 Å². The lowest BCUT2D eigenvalue weighted by Crippen LogP contribution is -2.35. The second kappa shape index (κ2) is 11.5. The molecule has 0 aromatic heterocycles. The molecule has 0 bridgehead atoms. The van der Waals surface area contributed by atoms with Crippen LogP contribution in [0.25, 0.3) is 0 Å². The number of nitrogens with one attached hydrogen (secondary N) is 1. The molecular formula is C23H30N2O4S2. The summed E-state index contributed by atoms with van der Waals surface area (Å²) in [5.41, 5.74) is 2.48. The summed E-state index contributed by atoms with van der Waals surface area (Å²) < 4.78 is 32.5. The third kappa shape index (κ3) is 6.98. The van der Waals surface area contributed by atoms with Crippen molar-refractivity contribution in [2.75, 3.05) is 32.0 Å². The van der Waals surface area contributed by atoms with Gasteiger partial charge in [-0.05, 0) is 55.2 Å². The maximum atomic E-state index is 12.7. The van der Waals surface area contributed by atoms with Crippen molar-refractivity contribution in [3.05, 3.63) is 59.7 Å². The number of nitrogens with zero attached hydrogens (tertiary/aromatic N) is 1. The second-order valence-corrected chi connectivity index (χ2v) is 10.5. The predicted octanol–water partition coefficient (Wildman–Crippen LogP) is 3.60. The van der Waals surface area contributed by atoms with Gasteiger partial charge in [-0.25, -0.2) is 8.42 Å². The number of carbonyl (C=O) groups excluding carboxylic acids is 1. The number of thioether (sulfide) groups is 1. The van der Waals surface area contributed by atoms with Crippen molar-refractivity contribution in [2.24, 2.45) is 0 Å². The van der Waals surface area contributed by atoms with Gasteiger partial charge in [0.05, 0.1) is 17.2 Å². The number of carbonyl (C=O) groups is 1. The van der Waals surface area contributed by atoms with Gasteiger partial charge in [-0.3, -0.25) is 4.79 Å². The molecule has 31 heavy (non-hydrogen) atoms. The fourth-order valence-corrected chi connectivity index (χ4v) is 5.85. The Morgan fingerprint density at radius 1 is 1.06 bits per heavy atom. The lowest BCUT2D eigenvalue weighted by Gasteiger charge is -2.25. The molecule has 0 unspecified atom stereocenters. The first-order valence-corrected chi connectivity index (χ1v) is 13.2. The van der Waals surface area contributed by atoms with E-state index < -0.39 is 10.0 Å². The van der Waals surface area contributed by atoms with Gasteiger partial charge < -0.3 is 10.1 Å². The highest BCUT2D eigenvalue weighted by Gasteiger charge is 2.25. The minimum absolute atomic E-state index is 0.0230. The molecule has 1 aliphatic heterocycles. The van der Waals surface area contributed by atoms with Crippen LogP contribution < -0.4 is 10.1 Å². The Balaban J connectivity index is 1.36. The number of piperidine rings is 1. The predicted molar refractivity (Wildman–Crippen MR) is 125 cm³/mol. The molecule has 1 N–H and O–H groups in total. The number of hydrogen-bond acceptors (Lipinski definition) is 5. The summed E-state index contributed by atoms with van der Waals surface area (Å²) in [5.74, 6) is 1.77. The van der Waals surface area contributed by atoms with Gasteiger partial charge in [0.1, 0.15) is 12.4 Å². The Kier molecular flexibility index (Phi) is 8.80. The van der Waals surface area contributed by atoms with Crippen LogP contribution >= 0.6 is 11.8 Å². The zero-order valence-electron chi connectivity index (χ0n) is 17.9. The van der Waals surface area contributed by atoms with Crippen molar-refractivity contribution < 1.29 is 17.9 Å². The first-order valence-electron chi connectivity index (χ1n) is 10.6. The van der Waals surface area contributed by atoms with Crippen molar-refractivity contribution in [1.82, 2.24) is 9.62 Å². The Hall–Kier alpha value is -2.03. The molecule has 1 aliphatic rings. The summed E-state index contributed by atoms with van der Waals surface area (Å²) in [7, 11) is -3.43. The molecule has 0 radical (unpaired) electrons. The average molecular weight is 463 g/mol. The highest BCUT2D eigenvalue weighted by Crippen LogP contribution is 2.22. The number of aryl methyl sites for hydroxylation is 1. The van der Waals surface area contributed by atoms with E-state index >= 15 is 0 Å². The maximum absolute atomic E-state index is 12.7. The third-order valence-corrected chi connectivity index (χ3v) is 8.12. The summed E-state index contributed by atoms with van der Waals surface area (Å²) in [4.78, 5) is 12.3. The molecule has 0 saturated carbocycles. The van der Waals surface area contributed by atoms with Crippen LogP contribution in [0.3, 0.4) is 0 Å². The lowest BCUT2D eigenvalue weighted by molar-refractivity contribution is -0.118. The average Bonchev–Trinajstić information content (AvgIpc) is 2.79. The first-order chi connectivity index (χ1) is 15.0. The van der Waals surface area contributed by atoms with Gasteiger partial charge in [-0.2, -0.15) is 4.31 Å². The highest BCUT2D eigenvalue weighted by atomic mass is 32.2. The van der Waals surface area contributed by atoms with E-state index in [2.05, 4.69) is 24.4 Å². The quantitative estimate of drug-likeness (QED) is 0.546. The normalized spacial score (nSPS) is 14.9. The van der Waals surface area contributed by atoms with Gasteiger partial charge in [-0.15, -0.1) is 11.8 Å². The number of sulfonamides is 1. The van der Waals surface area contributed by atoms with Crippen molar-refractivity contribution in [3.63, 3.8) is 0 Å². The lowest BCUT2D eigenvalue weighted by atomic mass is 10.1. The molecular weight excluding hydrogens is 432 g/mol. The van der Waals surface area contributed by atoms with Gasteiger partial charge >= 0.3 is 0 Å². The number of benzene rings is 2. The molecule has 0 aliphatic carbocycles. The number of ether oxygens (including phenoxy) is 1. The van der Waals surface area contributed by atoms with Crippen LogP contribution in [0.1, 0.15) is 30.4 Å². The van der Waals surface area contributed by atoms with Crippen LogP contribution in [0.4, 0.5) is 0 Å². The van der Waals surface area contributed by atoms with Crippen molar-refractivity contribution in [1.29, 1.82) is 0 Å². The van der Waals surface area contributed by atoms with Crippen molar-refractivity contribution in [2.45, 2.75) is 36.8 Å². The third-order valence-electron chi connectivity index (χ3n) is 5.22. The zero-order valence-corrected chi connectivity index (χ0v) is 19.5. The van der Waals surface area contributed by atoms with Crippen LogP contribution in [0.2, 0.25) is 0 Å². The van der Waals surface area contributed by atoms with Gasteiger partial charge in [-0.1, -0.05) is 30.7 Å². The topological polar surface area (TPSA) is 75.7 Å². The molecule has 1 fully saturated rings. The summed E-state index contributed by atoms with van der Waals surface area (Å²) in [6.45, 7) is 3.97. The smallest absolute Gasteiger partial charge is 0.243 e. The molecule has 8 heteroatoms. The van der Waals surface area contributed by atoms with Crippen LogP contribution in [-0.4, -0.2) is 50.6 Å². The maximum Gasteiger partial charge on any atom is 0.243 e. The van der Waals surface area contributed by atoms with E-state index in [4.69, 9.17) is 4.74 Å². The Labute approximate surface area is 189 Å². The summed E-state index contributed by atoms with van der Waals surface area (Å²) in [6.07, 6.45) is 2.91. The SMILES string of the molecule is Cc1ccccc1CSCC(=O)NCCOc1ccc(S(=O)(=O)N2CCCCC2)cc1. The van der Waals surface area contributed by atoms with Gasteiger partial charge in [0.2, 0.25) is 15.9 Å². The Morgan fingerprint density at radius 2 is 1.77 bits per heavy atom. The Morgan fingerprint density at radius 3 is 2.48 bits per heavy atom. The van der Waals surface area contributed by atoms with E-state index in [1.165, 1.54) is 11.1 Å². The first kappa shape index (κ1) is 23.6. The molecule has 6 nitrogen and oxygen atoms in total. The molecule has 1 saturated heterocycles. The van der Waals surface area contributed by atoms with Crippen molar-refractivity contribution in [3.8, 4) is 5.75 Å². The molecule has 2 aromatic carbocycles. The molecule has 3 rings (SSSR count). The minimum atomic E-state index is -3.43. The van der Waals surface area contributed by atoms with Gasteiger partial charge in [0.15, 0.2) is 0 Å². The van der Waals surface area contributed by atoms with E-state index in [1.807, 2.05) is 12.1 Å².